The monoisotopic (exact) mass is 323 g/mol. The first-order valence-electron chi connectivity index (χ1n) is 6.95. The fraction of sp³-hybridized carbons (Fsp3) is 0.400. The number of methoxy groups -OCH3 is 1. The third kappa shape index (κ3) is 5.95. The average molecular weight is 323 g/mol. The van der Waals surface area contributed by atoms with Crippen molar-refractivity contribution >= 4 is 23.7 Å². The quantitative estimate of drug-likeness (QED) is 0.579. The van der Waals surface area contributed by atoms with Gasteiger partial charge in [-0.25, -0.2) is 9.80 Å². The van der Waals surface area contributed by atoms with Crippen molar-refractivity contribution in [3.8, 4) is 0 Å². The predicted octanol–water partition coefficient (Wildman–Crippen LogP) is 1.26. The lowest BCUT2D eigenvalue weighted by atomic mass is 10.1. The van der Waals surface area contributed by atoms with Crippen LogP contribution in [-0.2, 0) is 14.3 Å². The van der Waals surface area contributed by atoms with Gasteiger partial charge in [0, 0.05) is 19.8 Å². The highest BCUT2D eigenvalue weighted by Gasteiger charge is 2.28. The molecule has 8 nitrogen and oxygen atoms in total. The van der Waals surface area contributed by atoms with Gasteiger partial charge in [0.15, 0.2) is 0 Å². The van der Waals surface area contributed by atoms with Crippen LogP contribution in [0.3, 0.4) is 0 Å². The highest BCUT2D eigenvalue weighted by molar-refractivity contribution is 5.89. The van der Waals surface area contributed by atoms with Gasteiger partial charge >= 0.3 is 18.0 Å². The molecule has 0 aliphatic carbocycles. The minimum Gasteiger partial charge on any atom is -0.481 e. The number of rotatable bonds is 7. The first-order valence-corrected chi connectivity index (χ1v) is 6.95. The van der Waals surface area contributed by atoms with Crippen LogP contribution in [0.25, 0.3) is 0 Å². The van der Waals surface area contributed by atoms with Gasteiger partial charge in [0.05, 0.1) is 26.0 Å². The van der Waals surface area contributed by atoms with Crippen molar-refractivity contribution in [1.82, 2.24) is 10.0 Å². The molecule has 126 valence electrons. The second-order valence-corrected chi connectivity index (χ2v) is 5.04. The standard InChI is InChI=1S/C15H21N3O5/c1-17(2)18(10-11(14(20)21)9-13(19)23-3)15(22)16-12-7-5-4-6-8-12/h4-8,11H,9-10H2,1-3H3,(H,16,22)(H,20,21). The number of hydrazine groups is 1. The number of benzene rings is 1. The molecule has 8 heteroatoms. The number of anilines is 1. The second-order valence-electron chi connectivity index (χ2n) is 5.04. The van der Waals surface area contributed by atoms with E-state index in [9.17, 15) is 19.5 Å². The Kier molecular flexibility index (Phi) is 7.01. The van der Waals surface area contributed by atoms with Gasteiger partial charge in [-0.15, -0.1) is 0 Å². The normalized spacial score (nSPS) is 11.7. The van der Waals surface area contributed by atoms with Gasteiger partial charge in [-0.2, -0.15) is 0 Å². The van der Waals surface area contributed by atoms with E-state index in [1.165, 1.54) is 17.1 Å². The van der Waals surface area contributed by atoms with Gasteiger partial charge in [-0.05, 0) is 12.1 Å². The fourth-order valence-electron chi connectivity index (χ4n) is 1.86. The second kappa shape index (κ2) is 8.74. The summed E-state index contributed by atoms with van der Waals surface area (Å²) in [4.78, 5) is 35.0. The Bertz CT molecular complexity index is 547. The SMILES string of the molecule is COC(=O)CC(CN(C(=O)Nc1ccccc1)N(C)C)C(=O)O. The van der Waals surface area contributed by atoms with Crippen molar-refractivity contribution in [2.75, 3.05) is 33.1 Å². The van der Waals surface area contributed by atoms with Crippen molar-refractivity contribution in [3.63, 3.8) is 0 Å². The minimum atomic E-state index is -1.17. The third-order valence-corrected chi connectivity index (χ3v) is 3.13. The molecule has 1 unspecified atom stereocenters. The summed E-state index contributed by atoms with van der Waals surface area (Å²) in [5.74, 6) is -2.87. The Morgan fingerprint density at radius 3 is 2.30 bits per heavy atom. The van der Waals surface area contributed by atoms with Gasteiger partial charge < -0.3 is 15.2 Å². The minimum absolute atomic E-state index is 0.157. The van der Waals surface area contributed by atoms with Crippen LogP contribution in [0.15, 0.2) is 30.3 Å². The van der Waals surface area contributed by atoms with Crippen LogP contribution in [-0.4, -0.2) is 60.8 Å². The number of carboxylic acids is 1. The van der Waals surface area contributed by atoms with Crippen LogP contribution >= 0.6 is 0 Å². The summed E-state index contributed by atoms with van der Waals surface area (Å²) in [6.07, 6.45) is -0.311. The Morgan fingerprint density at radius 1 is 1.22 bits per heavy atom. The molecule has 0 saturated heterocycles. The number of hydrogen-bond acceptors (Lipinski definition) is 5. The number of carbonyl (C=O) groups is 3. The van der Waals surface area contributed by atoms with Gasteiger partial charge in [-0.3, -0.25) is 14.6 Å². The predicted molar refractivity (Wildman–Crippen MR) is 83.6 cm³/mol. The molecule has 0 bridgehead atoms. The van der Waals surface area contributed by atoms with E-state index in [1.54, 1.807) is 38.4 Å². The van der Waals surface area contributed by atoms with Crippen LogP contribution in [0, 0.1) is 5.92 Å². The van der Waals surface area contributed by atoms with Crippen LogP contribution in [0.2, 0.25) is 0 Å². The maximum Gasteiger partial charge on any atom is 0.336 e. The van der Waals surface area contributed by atoms with E-state index < -0.39 is 23.9 Å². The van der Waals surface area contributed by atoms with Crippen molar-refractivity contribution < 1.29 is 24.2 Å². The summed E-state index contributed by atoms with van der Waals surface area (Å²) in [5.41, 5.74) is 0.587. The van der Waals surface area contributed by atoms with E-state index in [1.807, 2.05) is 6.07 Å². The molecular formula is C15H21N3O5. The van der Waals surface area contributed by atoms with Crippen LogP contribution in [0.5, 0.6) is 0 Å². The zero-order chi connectivity index (χ0) is 17.4. The van der Waals surface area contributed by atoms with E-state index in [0.717, 1.165) is 0 Å². The largest absolute Gasteiger partial charge is 0.481 e. The lowest BCUT2D eigenvalue weighted by Gasteiger charge is -2.31. The molecule has 0 aliphatic rings. The number of carboxylic acid groups (broad SMARTS) is 1. The van der Waals surface area contributed by atoms with Crippen LogP contribution < -0.4 is 5.32 Å². The molecule has 0 fully saturated rings. The van der Waals surface area contributed by atoms with E-state index in [4.69, 9.17) is 0 Å². The molecule has 2 N–H and O–H groups in total. The lowest BCUT2D eigenvalue weighted by Crippen LogP contribution is -2.48. The number of nitrogens with one attached hydrogen (secondary N) is 1. The zero-order valence-corrected chi connectivity index (χ0v) is 13.4. The molecule has 1 aromatic rings. The molecule has 1 rings (SSSR count). The number of carbonyl (C=O) groups excluding carboxylic acids is 2. The molecule has 0 spiro atoms. The summed E-state index contributed by atoms with van der Waals surface area (Å²) in [6.45, 7) is -0.157. The van der Waals surface area contributed by atoms with Crippen molar-refractivity contribution in [2.24, 2.45) is 5.92 Å². The number of ether oxygens (including phenoxy) is 1. The number of amides is 2. The summed E-state index contributed by atoms with van der Waals surface area (Å²) < 4.78 is 4.49. The molecule has 0 radical (unpaired) electrons. The molecule has 0 aromatic heterocycles. The summed E-state index contributed by atoms with van der Waals surface area (Å²) in [6, 6.07) is 8.30. The maximum atomic E-state index is 12.3. The average Bonchev–Trinajstić information content (AvgIpc) is 2.51. The van der Waals surface area contributed by atoms with E-state index in [-0.39, 0.29) is 13.0 Å². The molecule has 0 aliphatic heterocycles. The summed E-state index contributed by atoms with van der Waals surface area (Å²) in [5, 5.41) is 14.6. The Balaban J connectivity index is 2.81. The number of para-hydroxylation sites is 1. The number of nitrogens with zero attached hydrogens (tertiary/aromatic N) is 2. The van der Waals surface area contributed by atoms with E-state index in [0.29, 0.717) is 5.69 Å². The maximum absolute atomic E-state index is 12.3. The van der Waals surface area contributed by atoms with Gasteiger partial charge in [-0.1, -0.05) is 18.2 Å². The Labute approximate surface area is 134 Å². The van der Waals surface area contributed by atoms with Gasteiger partial charge in [0.2, 0.25) is 0 Å². The first-order chi connectivity index (χ1) is 10.8. The van der Waals surface area contributed by atoms with Gasteiger partial charge in [0.25, 0.3) is 0 Å². The molecule has 1 aromatic carbocycles. The first kappa shape index (κ1) is 18.4. The van der Waals surface area contributed by atoms with Crippen molar-refractivity contribution in [3.05, 3.63) is 30.3 Å². The molecule has 0 saturated carbocycles. The third-order valence-electron chi connectivity index (χ3n) is 3.13. The lowest BCUT2D eigenvalue weighted by molar-refractivity contribution is -0.151. The van der Waals surface area contributed by atoms with Gasteiger partial charge in [0.1, 0.15) is 0 Å². The number of esters is 1. The zero-order valence-electron chi connectivity index (χ0n) is 13.4. The van der Waals surface area contributed by atoms with Crippen molar-refractivity contribution in [1.29, 1.82) is 0 Å². The molecule has 0 heterocycles. The summed E-state index contributed by atoms with van der Waals surface area (Å²) in [7, 11) is 4.41. The molecule has 1 atom stereocenters. The number of urea groups is 1. The summed E-state index contributed by atoms with van der Waals surface area (Å²) >= 11 is 0. The number of aliphatic carboxylic acids is 1. The Hall–Kier alpha value is -2.61. The highest BCUT2D eigenvalue weighted by Crippen LogP contribution is 2.12. The number of hydrogen-bond donors (Lipinski definition) is 2. The van der Waals surface area contributed by atoms with Crippen LogP contribution in [0.1, 0.15) is 6.42 Å². The molecular weight excluding hydrogens is 302 g/mol. The van der Waals surface area contributed by atoms with Crippen molar-refractivity contribution in [2.45, 2.75) is 6.42 Å². The topological polar surface area (TPSA) is 99.2 Å². The molecule has 23 heavy (non-hydrogen) atoms. The smallest absolute Gasteiger partial charge is 0.336 e. The van der Waals surface area contributed by atoms with E-state index >= 15 is 0 Å². The molecule has 2 amide bonds. The van der Waals surface area contributed by atoms with E-state index in [2.05, 4.69) is 10.1 Å². The highest BCUT2D eigenvalue weighted by atomic mass is 16.5. The Morgan fingerprint density at radius 2 is 1.83 bits per heavy atom. The fourth-order valence-corrected chi connectivity index (χ4v) is 1.86. The van der Waals surface area contributed by atoms with Crippen LogP contribution in [0.4, 0.5) is 10.5 Å².